The van der Waals surface area contributed by atoms with Gasteiger partial charge in [-0.05, 0) is 34.5 Å². The molecule has 3 aromatic rings. The van der Waals surface area contributed by atoms with Gasteiger partial charge < -0.3 is 9.94 Å². The molecule has 0 spiro atoms. The molecule has 0 amide bonds. The number of rotatable bonds is 4. The van der Waals surface area contributed by atoms with E-state index in [1.54, 1.807) is 0 Å². The maximum Gasteiger partial charge on any atom is 0.129 e. The molecule has 0 aliphatic carbocycles. The maximum atomic E-state index is 8.92. The first-order chi connectivity index (χ1) is 10.8. The van der Waals surface area contributed by atoms with Crippen molar-refractivity contribution < 1.29 is 9.94 Å². The Hall–Kier alpha value is -2.52. The normalized spacial score (nSPS) is 11.1. The van der Waals surface area contributed by atoms with Crippen molar-refractivity contribution in [3.63, 3.8) is 0 Å². The summed E-state index contributed by atoms with van der Waals surface area (Å²) in [6.45, 7) is 0.418. The Labute approximate surface area is 133 Å². The van der Waals surface area contributed by atoms with E-state index in [4.69, 9.17) is 21.5 Å². The molecule has 0 atom stereocenters. The van der Waals surface area contributed by atoms with Crippen molar-refractivity contribution in [2.24, 2.45) is 5.16 Å². The van der Waals surface area contributed by atoms with Crippen LogP contribution in [0.3, 0.4) is 0 Å². The summed E-state index contributed by atoms with van der Waals surface area (Å²) in [5.74, 6) is 0.673. The summed E-state index contributed by atoms with van der Waals surface area (Å²) in [4.78, 5) is 0. The van der Waals surface area contributed by atoms with Crippen LogP contribution in [0.2, 0.25) is 5.02 Å². The van der Waals surface area contributed by atoms with E-state index in [-0.39, 0.29) is 0 Å². The fourth-order valence-electron chi connectivity index (χ4n) is 2.33. The van der Waals surface area contributed by atoms with Gasteiger partial charge in [0, 0.05) is 10.6 Å². The van der Waals surface area contributed by atoms with Crippen molar-refractivity contribution in [3.05, 3.63) is 76.8 Å². The van der Waals surface area contributed by atoms with E-state index in [0.717, 1.165) is 21.9 Å². The summed E-state index contributed by atoms with van der Waals surface area (Å²) >= 11 is 5.87. The molecular weight excluding hydrogens is 298 g/mol. The van der Waals surface area contributed by atoms with Crippen LogP contribution in [-0.4, -0.2) is 11.4 Å². The SMILES string of the molecule is O/N=C/c1c(OCc2ccc(Cl)cc2)ccc2ccccc12. The van der Waals surface area contributed by atoms with Gasteiger partial charge in [0.1, 0.15) is 12.4 Å². The predicted octanol–water partition coefficient (Wildman–Crippen LogP) is 4.88. The second-order valence-corrected chi connectivity index (χ2v) is 5.29. The number of benzene rings is 3. The zero-order chi connectivity index (χ0) is 15.4. The van der Waals surface area contributed by atoms with Gasteiger partial charge in [-0.25, -0.2) is 0 Å². The van der Waals surface area contributed by atoms with Gasteiger partial charge in [-0.2, -0.15) is 0 Å². The van der Waals surface area contributed by atoms with E-state index in [1.807, 2.05) is 60.7 Å². The van der Waals surface area contributed by atoms with Crippen LogP contribution in [-0.2, 0) is 6.61 Å². The molecule has 4 heteroatoms. The molecule has 0 saturated heterocycles. The predicted molar refractivity (Wildman–Crippen MR) is 89.1 cm³/mol. The highest BCUT2D eigenvalue weighted by molar-refractivity contribution is 6.30. The molecule has 0 bridgehead atoms. The molecule has 0 aliphatic rings. The van der Waals surface area contributed by atoms with Crippen molar-refractivity contribution in [2.75, 3.05) is 0 Å². The molecule has 0 fully saturated rings. The van der Waals surface area contributed by atoms with Crippen molar-refractivity contribution in [1.29, 1.82) is 0 Å². The lowest BCUT2D eigenvalue weighted by Gasteiger charge is -2.11. The lowest BCUT2D eigenvalue weighted by atomic mass is 10.0. The van der Waals surface area contributed by atoms with Gasteiger partial charge in [0.25, 0.3) is 0 Å². The number of ether oxygens (including phenoxy) is 1. The maximum absolute atomic E-state index is 8.92. The largest absolute Gasteiger partial charge is 0.488 e. The second-order valence-electron chi connectivity index (χ2n) is 4.86. The Bertz CT molecular complexity index is 813. The summed E-state index contributed by atoms with van der Waals surface area (Å²) in [5.41, 5.74) is 1.78. The van der Waals surface area contributed by atoms with Gasteiger partial charge in [-0.15, -0.1) is 0 Å². The second kappa shape index (κ2) is 6.50. The van der Waals surface area contributed by atoms with Crippen LogP contribution in [0.25, 0.3) is 10.8 Å². The highest BCUT2D eigenvalue weighted by Gasteiger charge is 2.07. The first kappa shape index (κ1) is 14.4. The minimum absolute atomic E-state index is 0.418. The third-order valence-electron chi connectivity index (χ3n) is 3.43. The zero-order valence-corrected chi connectivity index (χ0v) is 12.5. The van der Waals surface area contributed by atoms with E-state index in [2.05, 4.69) is 5.16 Å². The molecule has 0 saturated carbocycles. The lowest BCUT2D eigenvalue weighted by Crippen LogP contribution is -1.99. The molecule has 110 valence electrons. The molecule has 22 heavy (non-hydrogen) atoms. The molecule has 3 nitrogen and oxygen atoms in total. The topological polar surface area (TPSA) is 41.8 Å². The number of hydrogen-bond donors (Lipinski definition) is 1. The highest BCUT2D eigenvalue weighted by atomic mass is 35.5. The van der Waals surface area contributed by atoms with E-state index in [0.29, 0.717) is 17.4 Å². The highest BCUT2D eigenvalue weighted by Crippen LogP contribution is 2.27. The summed E-state index contributed by atoms with van der Waals surface area (Å²) in [5, 5.41) is 14.8. The molecule has 3 rings (SSSR count). The number of hydrogen-bond acceptors (Lipinski definition) is 3. The summed E-state index contributed by atoms with van der Waals surface area (Å²) in [6, 6.07) is 19.3. The van der Waals surface area contributed by atoms with E-state index < -0.39 is 0 Å². The molecule has 0 radical (unpaired) electrons. The van der Waals surface area contributed by atoms with Crippen LogP contribution in [0.15, 0.2) is 65.8 Å². The van der Waals surface area contributed by atoms with Gasteiger partial charge in [0.15, 0.2) is 0 Å². The quantitative estimate of drug-likeness (QED) is 0.424. The van der Waals surface area contributed by atoms with E-state index in [1.165, 1.54) is 6.21 Å². The zero-order valence-electron chi connectivity index (χ0n) is 11.7. The Morgan fingerprint density at radius 2 is 1.77 bits per heavy atom. The van der Waals surface area contributed by atoms with Crippen LogP contribution in [0, 0.1) is 0 Å². The van der Waals surface area contributed by atoms with E-state index >= 15 is 0 Å². The van der Waals surface area contributed by atoms with Gasteiger partial charge in [-0.1, -0.05) is 59.2 Å². The van der Waals surface area contributed by atoms with Gasteiger partial charge in [0.2, 0.25) is 0 Å². The lowest BCUT2D eigenvalue weighted by molar-refractivity contribution is 0.304. The van der Waals surface area contributed by atoms with Crippen LogP contribution in [0.1, 0.15) is 11.1 Å². The van der Waals surface area contributed by atoms with Crippen molar-refractivity contribution in [2.45, 2.75) is 6.61 Å². The average Bonchev–Trinajstić information content (AvgIpc) is 2.56. The molecular formula is C18H14ClNO2. The summed E-state index contributed by atoms with van der Waals surface area (Å²) in [7, 11) is 0. The fourth-order valence-corrected chi connectivity index (χ4v) is 2.46. The Balaban J connectivity index is 1.92. The minimum atomic E-state index is 0.418. The summed E-state index contributed by atoms with van der Waals surface area (Å²) in [6.07, 6.45) is 1.40. The van der Waals surface area contributed by atoms with Crippen LogP contribution in [0.5, 0.6) is 5.75 Å². The molecule has 0 unspecified atom stereocenters. The Morgan fingerprint density at radius 1 is 1.00 bits per heavy atom. The third-order valence-corrected chi connectivity index (χ3v) is 3.68. The average molecular weight is 312 g/mol. The van der Waals surface area contributed by atoms with E-state index in [9.17, 15) is 0 Å². The third kappa shape index (κ3) is 3.05. The van der Waals surface area contributed by atoms with Gasteiger partial charge in [-0.3, -0.25) is 0 Å². The standard InChI is InChI=1S/C18H14ClNO2/c19-15-8-5-13(6-9-15)12-22-18-10-7-14-3-1-2-4-16(14)17(18)11-20-21/h1-11,21H,12H2/b20-11+. The minimum Gasteiger partial charge on any atom is -0.488 e. The van der Waals surface area contributed by atoms with Crippen molar-refractivity contribution in [3.8, 4) is 5.75 Å². The number of oxime groups is 1. The molecule has 0 heterocycles. The summed E-state index contributed by atoms with van der Waals surface area (Å²) < 4.78 is 5.88. The Kier molecular flexibility index (Phi) is 4.26. The molecule has 3 aromatic carbocycles. The monoisotopic (exact) mass is 311 g/mol. The van der Waals surface area contributed by atoms with Crippen LogP contribution < -0.4 is 4.74 Å². The van der Waals surface area contributed by atoms with Crippen molar-refractivity contribution in [1.82, 2.24) is 0 Å². The van der Waals surface area contributed by atoms with Crippen LogP contribution >= 0.6 is 11.6 Å². The molecule has 0 aliphatic heterocycles. The van der Waals surface area contributed by atoms with Crippen LogP contribution in [0.4, 0.5) is 0 Å². The van der Waals surface area contributed by atoms with Gasteiger partial charge in [0.05, 0.1) is 6.21 Å². The van der Waals surface area contributed by atoms with Crippen molar-refractivity contribution >= 4 is 28.6 Å². The molecule has 1 N–H and O–H groups in total. The number of nitrogens with zero attached hydrogens (tertiary/aromatic N) is 1. The van der Waals surface area contributed by atoms with Gasteiger partial charge >= 0.3 is 0 Å². The number of halogens is 1. The smallest absolute Gasteiger partial charge is 0.129 e. The first-order valence-corrected chi connectivity index (χ1v) is 7.22. The first-order valence-electron chi connectivity index (χ1n) is 6.84. The number of fused-ring (bicyclic) bond motifs is 1. The fraction of sp³-hybridized carbons (Fsp3) is 0.0556. The Morgan fingerprint density at radius 3 is 2.55 bits per heavy atom. The molecule has 0 aromatic heterocycles.